The number of halogens is 1. The maximum absolute atomic E-state index is 13.8. The van der Waals surface area contributed by atoms with E-state index in [1.54, 1.807) is 30.6 Å². The Hall–Kier alpha value is -3.42. The van der Waals surface area contributed by atoms with Crippen LogP contribution in [-0.4, -0.2) is 29.7 Å². The minimum atomic E-state index is -0.257. The fourth-order valence-corrected chi connectivity index (χ4v) is 5.32. The first-order valence-corrected chi connectivity index (χ1v) is 11.6. The minimum Gasteiger partial charge on any atom is -0.495 e. The molecule has 2 aromatic heterocycles. The molecule has 33 heavy (non-hydrogen) atoms. The normalized spacial score (nSPS) is 14.8. The van der Waals surface area contributed by atoms with Crippen molar-refractivity contribution in [2.24, 2.45) is 0 Å². The number of carbonyl (C=O) groups is 1. The smallest absolute Gasteiger partial charge is 0.323 e. The molecule has 168 valence electrons. The number of carbonyl (C=O) groups excluding carboxylic acids is 1. The molecular weight excluding hydrogens is 458 g/mol. The van der Waals surface area contributed by atoms with E-state index in [-0.39, 0.29) is 12.1 Å². The second kappa shape index (κ2) is 8.84. The molecule has 0 saturated carbocycles. The van der Waals surface area contributed by atoms with Crippen LogP contribution in [0.4, 0.5) is 10.5 Å². The van der Waals surface area contributed by atoms with Crippen LogP contribution in [0.3, 0.4) is 0 Å². The van der Waals surface area contributed by atoms with Crippen molar-refractivity contribution >= 4 is 34.7 Å². The third-order valence-corrected chi connectivity index (χ3v) is 6.97. The number of urea groups is 1. The van der Waals surface area contributed by atoms with E-state index >= 15 is 0 Å². The Bertz CT molecular complexity index is 1300. The van der Waals surface area contributed by atoms with Gasteiger partial charge < -0.3 is 24.3 Å². The van der Waals surface area contributed by atoms with Gasteiger partial charge in [0.2, 0.25) is 0 Å². The van der Waals surface area contributed by atoms with Crippen LogP contribution in [0.25, 0.3) is 5.69 Å². The molecule has 1 aliphatic heterocycles. The summed E-state index contributed by atoms with van der Waals surface area (Å²) in [5.74, 6) is 0.945. The van der Waals surface area contributed by atoms with Crippen LogP contribution in [0.2, 0.25) is 5.02 Å². The highest BCUT2D eigenvalue weighted by Crippen LogP contribution is 2.40. The average Bonchev–Trinajstić information content (AvgIpc) is 3.50. The molecule has 0 unspecified atom stereocenters. The number of methoxy groups -OCH3 is 2. The molecule has 0 aliphatic carbocycles. The van der Waals surface area contributed by atoms with Crippen LogP contribution in [0, 0.1) is 0 Å². The number of nitrogens with zero attached hydrogens (tertiary/aromatic N) is 2. The lowest BCUT2D eigenvalue weighted by molar-refractivity contribution is 0.195. The number of para-hydroxylation sites is 1. The summed E-state index contributed by atoms with van der Waals surface area (Å²) in [7, 11) is 3.08. The summed E-state index contributed by atoms with van der Waals surface area (Å²) in [4.78, 5) is 16.7. The summed E-state index contributed by atoms with van der Waals surface area (Å²) in [6, 6.07) is 19.1. The second-order valence-electron chi connectivity index (χ2n) is 7.59. The van der Waals surface area contributed by atoms with Gasteiger partial charge >= 0.3 is 6.03 Å². The van der Waals surface area contributed by atoms with Crippen LogP contribution in [-0.2, 0) is 6.54 Å². The number of benzene rings is 2. The zero-order valence-electron chi connectivity index (χ0n) is 18.1. The lowest BCUT2D eigenvalue weighted by Gasteiger charge is -2.30. The number of rotatable bonds is 4. The molecule has 8 heteroatoms. The topological polar surface area (TPSA) is 55.7 Å². The Morgan fingerprint density at radius 3 is 2.64 bits per heavy atom. The Balaban J connectivity index is 1.59. The molecule has 4 aromatic rings. The van der Waals surface area contributed by atoms with Gasteiger partial charge in [0.25, 0.3) is 0 Å². The highest BCUT2D eigenvalue weighted by atomic mass is 35.5. The van der Waals surface area contributed by atoms with Crippen LogP contribution < -0.4 is 14.8 Å². The van der Waals surface area contributed by atoms with Crippen LogP contribution in [0.15, 0.2) is 72.2 Å². The molecule has 0 bridgehead atoms. The predicted octanol–water partition coefficient (Wildman–Crippen LogP) is 6.35. The average molecular weight is 480 g/mol. The highest BCUT2D eigenvalue weighted by Gasteiger charge is 2.34. The number of anilines is 1. The van der Waals surface area contributed by atoms with Gasteiger partial charge in [-0.1, -0.05) is 35.9 Å². The molecule has 1 N–H and O–H groups in total. The fourth-order valence-electron chi connectivity index (χ4n) is 4.23. The van der Waals surface area contributed by atoms with E-state index in [0.717, 1.165) is 21.8 Å². The van der Waals surface area contributed by atoms with Gasteiger partial charge in [-0.25, -0.2) is 4.79 Å². The molecule has 2 aromatic carbocycles. The van der Waals surface area contributed by atoms with Gasteiger partial charge in [0, 0.05) is 17.1 Å². The fraction of sp³-hybridized carbons (Fsp3) is 0.160. The Labute approximate surface area is 200 Å². The molecular formula is C25H22ClN3O3S. The van der Waals surface area contributed by atoms with E-state index in [4.69, 9.17) is 21.1 Å². The summed E-state index contributed by atoms with van der Waals surface area (Å²) >= 11 is 7.97. The van der Waals surface area contributed by atoms with Crippen molar-refractivity contribution in [1.29, 1.82) is 0 Å². The molecule has 6 nitrogen and oxygen atoms in total. The highest BCUT2D eigenvalue weighted by molar-refractivity contribution is 7.10. The molecule has 0 saturated heterocycles. The number of fused-ring (bicyclic) bond motifs is 3. The summed E-state index contributed by atoms with van der Waals surface area (Å²) in [6.07, 6.45) is 2.04. The molecule has 2 amide bonds. The minimum absolute atomic E-state index is 0.252. The van der Waals surface area contributed by atoms with Gasteiger partial charge in [0.15, 0.2) is 0 Å². The van der Waals surface area contributed by atoms with Gasteiger partial charge in [-0.05, 0) is 41.3 Å². The quantitative estimate of drug-likeness (QED) is 0.371. The summed E-state index contributed by atoms with van der Waals surface area (Å²) in [5, 5.41) is 5.43. The van der Waals surface area contributed by atoms with Gasteiger partial charge in [-0.15, -0.1) is 11.3 Å². The molecule has 0 spiro atoms. The number of amides is 2. The third kappa shape index (κ3) is 3.83. The van der Waals surface area contributed by atoms with Gasteiger partial charge in [0.1, 0.15) is 17.5 Å². The first-order chi connectivity index (χ1) is 16.1. The zero-order chi connectivity index (χ0) is 22.9. The number of hydrogen-bond donors (Lipinski definition) is 1. The van der Waals surface area contributed by atoms with Gasteiger partial charge in [-0.2, -0.15) is 0 Å². The molecule has 1 aliphatic rings. The van der Waals surface area contributed by atoms with Crippen molar-refractivity contribution in [3.63, 3.8) is 0 Å². The molecule has 0 fully saturated rings. The monoisotopic (exact) mass is 479 g/mol. The van der Waals surface area contributed by atoms with Crippen molar-refractivity contribution in [2.45, 2.75) is 12.6 Å². The van der Waals surface area contributed by atoms with Crippen molar-refractivity contribution < 1.29 is 14.3 Å². The summed E-state index contributed by atoms with van der Waals surface area (Å²) < 4.78 is 12.9. The number of ether oxygens (including phenoxy) is 2. The largest absolute Gasteiger partial charge is 0.495 e. The summed E-state index contributed by atoms with van der Waals surface area (Å²) in [6.45, 7) is 0.443. The Kier molecular flexibility index (Phi) is 5.74. The van der Waals surface area contributed by atoms with E-state index in [1.807, 2.05) is 40.7 Å². The number of aromatic nitrogens is 1. The second-order valence-corrected chi connectivity index (χ2v) is 8.98. The Morgan fingerprint density at radius 1 is 1.06 bits per heavy atom. The number of nitrogens with one attached hydrogen (secondary N) is 1. The van der Waals surface area contributed by atoms with E-state index < -0.39 is 0 Å². The van der Waals surface area contributed by atoms with E-state index in [9.17, 15) is 4.79 Å². The predicted molar refractivity (Wildman–Crippen MR) is 131 cm³/mol. The van der Waals surface area contributed by atoms with Crippen molar-refractivity contribution in [1.82, 2.24) is 9.47 Å². The first kappa shape index (κ1) is 21.4. The number of hydrogen-bond acceptors (Lipinski definition) is 4. The maximum Gasteiger partial charge on any atom is 0.323 e. The zero-order valence-corrected chi connectivity index (χ0v) is 19.7. The van der Waals surface area contributed by atoms with Gasteiger partial charge in [0.05, 0.1) is 42.9 Å². The van der Waals surface area contributed by atoms with Crippen molar-refractivity contribution in [3.05, 3.63) is 93.4 Å². The Morgan fingerprint density at radius 2 is 1.88 bits per heavy atom. The molecule has 3 heterocycles. The van der Waals surface area contributed by atoms with E-state index in [1.165, 1.54) is 7.11 Å². The molecule has 1 atom stereocenters. The van der Waals surface area contributed by atoms with E-state index in [0.29, 0.717) is 28.8 Å². The van der Waals surface area contributed by atoms with Crippen LogP contribution in [0.1, 0.15) is 22.2 Å². The first-order valence-electron chi connectivity index (χ1n) is 10.4. The molecule has 0 radical (unpaired) electrons. The van der Waals surface area contributed by atoms with Gasteiger partial charge in [-0.3, -0.25) is 0 Å². The standard InChI is InChI=1S/C25H22ClN3O3S/c1-31-21-14-22(32-2)18(13-17(21)26)27-25(30)29-15-16-7-3-4-8-19(16)28-11-5-9-20(28)24(29)23-10-6-12-33-23/h3-14,24H,15H2,1-2H3,(H,27,30)/t24-/m0/s1. The number of thiophene rings is 1. The van der Waals surface area contributed by atoms with Crippen LogP contribution >= 0.6 is 22.9 Å². The summed E-state index contributed by atoms with van der Waals surface area (Å²) in [5.41, 5.74) is 3.63. The molecule has 5 rings (SSSR count). The van der Waals surface area contributed by atoms with Crippen LogP contribution in [0.5, 0.6) is 11.5 Å². The lowest BCUT2D eigenvalue weighted by Crippen LogP contribution is -2.37. The van der Waals surface area contributed by atoms with Crippen molar-refractivity contribution in [3.8, 4) is 17.2 Å². The third-order valence-electron chi connectivity index (χ3n) is 5.75. The maximum atomic E-state index is 13.8. The SMILES string of the molecule is COc1cc(OC)c(NC(=O)N2Cc3ccccc3-n3cccc3[C@H]2c2cccs2)cc1Cl. The van der Waals surface area contributed by atoms with Crippen molar-refractivity contribution in [2.75, 3.05) is 19.5 Å². The lowest BCUT2D eigenvalue weighted by atomic mass is 10.1. The van der Waals surface area contributed by atoms with E-state index in [2.05, 4.69) is 34.1 Å².